The Morgan fingerprint density at radius 2 is 2.11 bits per heavy atom. The quantitative estimate of drug-likeness (QED) is 0.804. The van der Waals surface area contributed by atoms with Crippen molar-refractivity contribution >= 4 is 11.8 Å². The van der Waals surface area contributed by atoms with E-state index in [2.05, 4.69) is 10.2 Å². The van der Waals surface area contributed by atoms with Crippen LogP contribution in [0.5, 0.6) is 5.75 Å². The number of amides is 1. The average Bonchev–Trinajstić information content (AvgIpc) is 3.22. The van der Waals surface area contributed by atoms with Gasteiger partial charge in [-0.25, -0.2) is 4.79 Å². The van der Waals surface area contributed by atoms with Gasteiger partial charge >= 0.3 is 6.09 Å². The maximum atomic E-state index is 12.5. The monoisotopic (exact) mass is 391 g/mol. The summed E-state index contributed by atoms with van der Waals surface area (Å²) in [5, 5.41) is 3.59. The Morgan fingerprint density at radius 3 is 2.75 bits per heavy atom. The van der Waals surface area contributed by atoms with Crippen molar-refractivity contribution in [2.24, 2.45) is 0 Å². The number of rotatable bonds is 6. The maximum Gasteiger partial charge on any atom is 0.410 e. The minimum Gasteiger partial charge on any atom is -0.492 e. The third kappa shape index (κ3) is 5.52. The molecule has 0 unspecified atom stereocenters. The number of anilines is 1. The van der Waals surface area contributed by atoms with Crippen molar-refractivity contribution in [1.82, 2.24) is 9.80 Å². The van der Waals surface area contributed by atoms with E-state index in [4.69, 9.17) is 14.2 Å². The minimum atomic E-state index is -0.505. The summed E-state index contributed by atoms with van der Waals surface area (Å²) in [4.78, 5) is 16.4. The van der Waals surface area contributed by atoms with E-state index in [1.165, 1.54) is 0 Å². The van der Waals surface area contributed by atoms with E-state index < -0.39 is 5.60 Å². The summed E-state index contributed by atoms with van der Waals surface area (Å²) < 4.78 is 17.0. The molecule has 7 heteroatoms. The first-order valence-corrected chi connectivity index (χ1v) is 9.97. The summed E-state index contributed by atoms with van der Waals surface area (Å²) in [5.41, 5.74) is 2.76. The van der Waals surface area contributed by atoms with Crippen molar-refractivity contribution in [2.45, 2.75) is 51.9 Å². The zero-order valence-electron chi connectivity index (χ0n) is 17.7. The van der Waals surface area contributed by atoms with Gasteiger partial charge < -0.3 is 24.4 Å². The van der Waals surface area contributed by atoms with Gasteiger partial charge in [0.1, 0.15) is 18.0 Å². The highest BCUT2D eigenvalue weighted by atomic mass is 16.6. The number of nitrogens with zero attached hydrogens (tertiary/aromatic N) is 2. The number of fused-ring (bicyclic) bond motifs is 1. The number of carbonyl (C=O) groups excluding carboxylic acids is 1. The number of likely N-dealkylation sites (N-methyl/N-ethyl adjacent to an activating group) is 1. The third-order valence-electron chi connectivity index (χ3n) is 4.77. The van der Waals surface area contributed by atoms with Gasteiger partial charge in [-0.2, -0.15) is 0 Å². The molecule has 1 fully saturated rings. The molecule has 1 saturated heterocycles. The third-order valence-corrected chi connectivity index (χ3v) is 4.77. The Bertz CT molecular complexity index is 694. The van der Waals surface area contributed by atoms with Crippen LogP contribution in [0, 0.1) is 0 Å². The van der Waals surface area contributed by atoms with Crippen LogP contribution in [0.2, 0.25) is 0 Å². The molecule has 28 heavy (non-hydrogen) atoms. The molecular formula is C21H33N3O4. The second kappa shape index (κ2) is 8.57. The first-order chi connectivity index (χ1) is 13.2. The first kappa shape index (κ1) is 20.7. The lowest BCUT2D eigenvalue weighted by molar-refractivity contribution is 0.0242. The van der Waals surface area contributed by atoms with Crippen LogP contribution >= 0.6 is 0 Å². The van der Waals surface area contributed by atoms with Crippen LogP contribution in [0.1, 0.15) is 38.3 Å². The topological polar surface area (TPSA) is 63.3 Å². The maximum absolute atomic E-state index is 12.5. The fraction of sp³-hybridized carbons (Fsp3) is 0.667. The molecule has 0 spiro atoms. The number of hydrogen-bond donors (Lipinski definition) is 1. The second-order valence-electron chi connectivity index (χ2n) is 8.80. The second-order valence-corrected chi connectivity index (χ2v) is 8.80. The van der Waals surface area contributed by atoms with Gasteiger partial charge in [0.25, 0.3) is 0 Å². The van der Waals surface area contributed by atoms with Gasteiger partial charge in [0.05, 0.1) is 19.2 Å². The number of benzene rings is 1. The Morgan fingerprint density at radius 1 is 1.32 bits per heavy atom. The molecule has 2 aliphatic rings. The van der Waals surface area contributed by atoms with Gasteiger partial charge in [0, 0.05) is 37.0 Å². The number of nitrogens with one attached hydrogen (secondary N) is 1. The summed E-state index contributed by atoms with van der Waals surface area (Å²) >= 11 is 0. The van der Waals surface area contributed by atoms with E-state index in [1.54, 1.807) is 4.90 Å². The molecule has 1 aromatic carbocycles. The predicted octanol–water partition coefficient (Wildman–Crippen LogP) is 3.08. The summed E-state index contributed by atoms with van der Waals surface area (Å²) in [7, 11) is 4.05. The predicted molar refractivity (Wildman–Crippen MR) is 109 cm³/mol. The molecule has 3 rings (SSSR count). The fourth-order valence-corrected chi connectivity index (χ4v) is 3.37. The summed E-state index contributed by atoms with van der Waals surface area (Å²) in [6.07, 6.45) is 0.699. The molecule has 0 radical (unpaired) electrons. The molecule has 0 aromatic heterocycles. The Labute approximate surface area is 167 Å². The molecular weight excluding hydrogens is 358 g/mol. The molecule has 2 aliphatic heterocycles. The molecule has 0 saturated carbocycles. The van der Waals surface area contributed by atoms with Crippen LogP contribution in [0.3, 0.4) is 0 Å². The molecule has 1 N–H and O–H groups in total. The van der Waals surface area contributed by atoms with E-state index in [9.17, 15) is 4.79 Å². The average molecular weight is 392 g/mol. The molecule has 7 nitrogen and oxygen atoms in total. The Balaban J connectivity index is 1.77. The molecule has 1 atom stereocenters. The Hall–Kier alpha value is -1.99. The normalized spacial score (nSPS) is 19.1. The highest BCUT2D eigenvalue weighted by Gasteiger charge is 2.30. The lowest BCUT2D eigenvalue weighted by Gasteiger charge is -2.24. The van der Waals surface area contributed by atoms with Crippen LogP contribution in [0.15, 0.2) is 12.1 Å². The lowest BCUT2D eigenvalue weighted by Crippen LogP contribution is -2.33. The summed E-state index contributed by atoms with van der Waals surface area (Å²) in [6, 6.07) is 4.38. The number of ether oxygens (including phenoxy) is 3. The standard InChI is InChI=1S/C21H33N3O4/c1-21(2,3)28-20(25)24-12-15-10-17(27-9-7-23(4)5)11-19(18(15)13-24)22-16-6-8-26-14-16/h10-11,16,22H,6-9,12-14H2,1-5H3/t16-/m0/s1. The smallest absolute Gasteiger partial charge is 0.410 e. The number of hydrogen-bond acceptors (Lipinski definition) is 6. The zero-order valence-corrected chi connectivity index (χ0v) is 17.7. The first-order valence-electron chi connectivity index (χ1n) is 9.97. The van der Waals surface area contributed by atoms with Crippen LogP contribution in [0.25, 0.3) is 0 Å². The molecule has 1 aromatic rings. The summed E-state index contributed by atoms with van der Waals surface area (Å²) in [6.45, 7) is 9.68. The van der Waals surface area contributed by atoms with Crippen LogP contribution in [0.4, 0.5) is 10.5 Å². The highest BCUT2D eigenvalue weighted by molar-refractivity contribution is 5.71. The van der Waals surface area contributed by atoms with Crippen molar-refractivity contribution in [2.75, 3.05) is 45.8 Å². The van der Waals surface area contributed by atoms with Crippen molar-refractivity contribution in [3.05, 3.63) is 23.3 Å². The highest BCUT2D eigenvalue weighted by Crippen LogP contribution is 2.35. The Kier molecular flexibility index (Phi) is 6.35. The van der Waals surface area contributed by atoms with Gasteiger partial charge in [0.2, 0.25) is 0 Å². The van der Waals surface area contributed by atoms with Crippen LogP contribution < -0.4 is 10.1 Å². The molecule has 0 bridgehead atoms. The fourth-order valence-electron chi connectivity index (χ4n) is 3.37. The molecule has 0 aliphatic carbocycles. The van der Waals surface area contributed by atoms with E-state index >= 15 is 0 Å². The van der Waals surface area contributed by atoms with E-state index in [-0.39, 0.29) is 12.1 Å². The van der Waals surface area contributed by atoms with Crippen molar-refractivity contribution in [3.63, 3.8) is 0 Å². The van der Waals surface area contributed by atoms with Crippen LogP contribution in [-0.4, -0.2) is 68.0 Å². The van der Waals surface area contributed by atoms with Crippen LogP contribution in [-0.2, 0) is 22.6 Å². The largest absolute Gasteiger partial charge is 0.492 e. The van der Waals surface area contributed by atoms with Gasteiger partial charge in [-0.3, -0.25) is 4.90 Å². The molecule has 156 valence electrons. The lowest BCUT2D eigenvalue weighted by atomic mass is 10.1. The van der Waals surface area contributed by atoms with E-state index in [1.807, 2.05) is 47.0 Å². The molecule has 2 heterocycles. The SMILES string of the molecule is CN(C)CCOc1cc2c(c(N[C@H]3CCOC3)c1)CN(C(=O)OC(C)(C)C)C2. The number of carbonyl (C=O) groups is 1. The van der Waals surface area contributed by atoms with Gasteiger partial charge in [-0.1, -0.05) is 0 Å². The van der Waals surface area contributed by atoms with Crippen molar-refractivity contribution in [3.8, 4) is 5.75 Å². The van der Waals surface area contributed by atoms with E-state index in [0.717, 1.165) is 42.1 Å². The van der Waals surface area contributed by atoms with Crippen molar-refractivity contribution < 1.29 is 19.0 Å². The van der Waals surface area contributed by atoms with Gasteiger partial charge in [-0.15, -0.1) is 0 Å². The van der Waals surface area contributed by atoms with Crippen molar-refractivity contribution in [1.29, 1.82) is 0 Å². The molecule has 1 amide bonds. The zero-order chi connectivity index (χ0) is 20.3. The summed E-state index contributed by atoms with van der Waals surface area (Å²) in [5.74, 6) is 0.827. The van der Waals surface area contributed by atoms with Gasteiger partial charge in [0.15, 0.2) is 0 Å². The minimum absolute atomic E-state index is 0.283. The van der Waals surface area contributed by atoms with E-state index in [0.29, 0.717) is 26.3 Å². The van der Waals surface area contributed by atoms with Gasteiger partial charge in [-0.05, 0) is 52.9 Å².